The van der Waals surface area contributed by atoms with Gasteiger partial charge in [-0.1, -0.05) is 407 Å². The van der Waals surface area contributed by atoms with Crippen molar-refractivity contribution < 1.29 is 80.2 Å². The Bertz CT molecular complexity index is 1980. The third-order valence-electron chi connectivity index (χ3n) is 20.0. The summed E-state index contributed by atoms with van der Waals surface area (Å²) in [6.07, 6.45) is 70.9. The summed E-state index contributed by atoms with van der Waals surface area (Å²) in [6.45, 7) is 7.33. The molecule has 0 radical (unpaired) electrons. The highest BCUT2D eigenvalue weighted by Crippen LogP contribution is 2.45. The molecule has 0 aliphatic heterocycles. The lowest BCUT2D eigenvalue weighted by Gasteiger charge is -2.21. The topological polar surface area (TPSA) is 237 Å². The summed E-state index contributed by atoms with van der Waals surface area (Å²) in [7, 11) is -9.92. The zero-order valence-corrected chi connectivity index (χ0v) is 70.0. The van der Waals surface area contributed by atoms with Gasteiger partial charge < -0.3 is 33.8 Å². The van der Waals surface area contributed by atoms with Crippen LogP contribution >= 0.6 is 15.6 Å². The molecule has 0 aromatic carbocycles. The fraction of sp³-hybridized carbons (Fsp3) is 0.953. The average molecular weight is 1520 g/mol. The second-order valence-corrected chi connectivity index (χ2v) is 34.0. The summed E-state index contributed by atoms with van der Waals surface area (Å²) in [5.74, 6) is -1.37. The molecule has 0 aromatic rings. The quantitative estimate of drug-likeness (QED) is 0.0222. The summed E-state index contributed by atoms with van der Waals surface area (Å²) < 4.78 is 68.8. The van der Waals surface area contributed by atoms with E-state index in [9.17, 15) is 43.2 Å². The molecule has 0 aliphatic carbocycles. The van der Waals surface area contributed by atoms with Gasteiger partial charge in [0.15, 0.2) is 12.2 Å². The number of esters is 4. The highest BCUT2D eigenvalue weighted by molar-refractivity contribution is 7.47. The number of ether oxygens (including phenoxy) is 4. The lowest BCUT2D eigenvalue weighted by Crippen LogP contribution is -2.30. The molecule has 0 heterocycles. The van der Waals surface area contributed by atoms with Crippen LogP contribution in [0.4, 0.5) is 0 Å². The third kappa shape index (κ3) is 78.2. The van der Waals surface area contributed by atoms with E-state index in [1.54, 1.807) is 0 Å². The SMILES string of the molecule is CCCCCCCCCCCCCCCCCCCCCCCC(=O)O[C@H](COC(=O)CCCCCCCCCCCCCCCCCCCCC)COP(=O)(O)OC[C@@H](O)COP(=O)(O)OC[C@@H](COC(=O)CCCCCCCCCCCCCC)OC(=O)CCCCCCCCCCCC(C)C. The molecular weight excluding hydrogens is 1350 g/mol. The summed E-state index contributed by atoms with van der Waals surface area (Å²) in [4.78, 5) is 73.2. The standard InChI is InChI=1S/C85H166O17P2/c1-6-9-12-15-18-21-24-27-29-31-33-34-36-38-40-42-45-50-55-60-65-70-84(89)101-80(74-96-83(88)69-64-59-54-49-44-41-39-37-35-32-30-28-25-22-19-16-13-10-7-2)76-99-103(91,92)97-72-79(86)73-98-104(93,94)100-77-81(102-85(90)71-66-61-56-51-46-47-52-57-62-67-78(4)5)75-95-82(87)68-63-58-53-48-43-26-23-20-17-14-11-8-3/h78-81,86H,6-77H2,1-5H3,(H,91,92)(H,93,94)/t79-,80-,81-/m1/s1. The Morgan fingerprint density at radius 1 is 0.260 bits per heavy atom. The number of aliphatic hydroxyl groups is 1. The first-order chi connectivity index (χ1) is 50.5. The molecule has 0 rings (SSSR count). The number of carbonyl (C=O) groups is 4. The molecule has 0 aliphatic rings. The Hall–Kier alpha value is -1.94. The van der Waals surface area contributed by atoms with E-state index >= 15 is 0 Å². The minimum atomic E-state index is -4.96. The Balaban J connectivity index is 5.22. The summed E-state index contributed by atoms with van der Waals surface area (Å²) in [5.41, 5.74) is 0. The summed E-state index contributed by atoms with van der Waals surface area (Å²) >= 11 is 0. The molecule has 19 heteroatoms. The predicted molar refractivity (Wildman–Crippen MR) is 428 cm³/mol. The zero-order valence-electron chi connectivity index (χ0n) is 68.2. The highest BCUT2D eigenvalue weighted by Gasteiger charge is 2.30. The molecule has 0 fully saturated rings. The molecule has 5 atom stereocenters. The first-order valence-electron chi connectivity index (χ1n) is 44.1. The average Bonchev–Trinajstić information content (AvgIpc) is 0.919. The van der Waals surface area contributed by atoms with Crippen molar-refractivity contribution in [3.8, 4) is 0 Å². The van der Waals surface area contributed by atoms with Gasteiger partial charge in [0.2, 0.25) is 0 Å². The largest absolute Gasteiger partial charge is 0.472 e. The molecule has 0 saturated heterocycles. The van der Waals surface area contributed by atoms with Crippen LogP contribution in [-0.4, -0.2) is 96.7 Å². The second kappa shape index (κ2) is 77.8. The number of phosphoric ester groups is 2. The number of aliphatic hydroxyl groups excluding tert-OH is 1. The molecule has 618 valence electrons. The van der Waals surface area contributed by atoms with Gasteiger partial charge in [-0.15, -0.1) is 0 Å². The molecule has 3 N–H and O–H groups in total. The lowest BCUT2D eigenvalue weighted by molar-refractivity contribution is -0.161. The summed E-state index contributed by atoms with van der Waals surface area (Å²) in [5, 5.41) is 10.7. The maximum absolute atomic E-state index is 13.1. The Kier molecular flexibility index (Phi) is 76.3. The van der Waals surface area contributed by atoms with Crippen molar-refractivity contribution in [3.63, 3.8) is 0 Å². The molecule has 0 saturated carbocycles. The molecule has 0 amide bonds. The van der Waals surface area contributed by atoms with Crippen LogP contribution in [0, 0.1) is 5.92 Å². The Morgan fingerprint density at radius 2 is 0.442 bits per heavy atom. The maximum atomic E-state index is 13.1. The highest BCUT2D eigenvalue weighted by atomic mass is 31.2. The molecule has 0 aromatic heterocycles. The molecular formula is C85H166O17P2. The van der Waals surface area contributed by atoms with Crippen LogP contribution in [0.1, 0.15) is 458 Å². The van der Waals surface area contributed by atoms with Crippen molar-refractivity contribution in [1.82, 2.24) is 0 Å². The van der Waals surface area contributed by atoms with E-state index in [1.165, 1.54) is 283 Å². The van der Waals surface area contributed by atoms with Crippen molar-refractivity contribution in [3.05, 3.63) is 0 Å². The van der Waals surface area contributed by atoms with Crippen LogP contribution in [0.2, 0.25) is 0 Å². The van der Waals surface area contributed by atoms with Crippen LogP contribution in [0.3, 0.4) is 0 Å². The van der Waals surface area contributed by atoms with Gasteiger partial charge in [-0.05, 0) is 31.6 Å². The minimum Gasteiger partial charge on any atom is -0.462 e. The van der Waals surface area contributed by atoms with Crippen molar-refractivity contribution in [2.75, 3.05) is 39.6 Å². The maximum Gasteiger partial charge on any atom is 0.472 e. The van der Waals surface area contributed by atoms with Crippen molar-refractivity contribution >= 4 is 39.5 Å². The number of hydrogen-bond acceptors (Lipinski definition) is 15. The van der Waals surface area contributed by atoms with Crippen LogP contribution in [-0.2, 0) is 65.4 Å². The molecule has 0 spiro atoms. The number of phosphoric acid groups is 2. The van der Waals surface area contributed by atoms with Crippen LogP contribution in [0.5, 0.6) is 0 Å². The zero-order chi connectivity index (χ0) is 76.2. The lowest BCUT2D eigenvalue weighted by atomic mass is 10.0. The van der Waals surface area contributed by atoms with Crippen LogP contribution in [0.25, 0.3) is 0 Å². The van der Waals surface area contributed by atoms with Gasteiger partial charge in [-0.2, -0.15) is 0 Å². The van der Waals surface area contributed by atoms with E-state index in [2.05, 4.69) is 34.6 Å². The van der Waals surface area contributed by atoms with E-state index in [4.69, 9.17) is 37.0 Å². The van der Waals surface area contributed by atoms with E-state index in [-0.39, 0.29) is 25.7 Å². The first kappa shape index (κ1) is 102. The van der Waals surface area contributed by atoms with Crippen molar-refractivity contribution in [2.24, 2.45) is 5.92 Å². The van der Waals surface area contributed by atoms with E-state index in [0.29, 0.717) is 25.7 Å². The predicted octanol–water partition coefficient (Wildman–Crippen LogP) is 26.0. The fourth-order valence-corrected chi connectivity index (χ4v) is 14.9. The van der Waals surface area contributed by atoms with E-state index in [0.717, 1.165) is 95.8 Å². The van der Waals surface area contributed by atoms with Gasteiger partial charge in [0.05, 0.1) is 26.4 Å². The van der Waals surface area contributed by atoms with Crippen molar-refractivity contribution in [1.29, 1.82) is 0 Å². The van der Waals surface area contributed by atoms with Crippen molar-refractivity contribution in [2.45, 2.75) is 477 Å². The van der Waals surface area contributed by atoms with E-state index < -0.39 is 97.5 Å². The third-order valence-corrected chi connectivity index (χ3v) is 21.9. The second-order valence-electron chi connectivity index (χ2n) is 31.1. The molecule has 2 unspecified atom stereocenters. The fourth-order valence-electron chi connectivity index (χ4n) is 13.3. The minimum absolute atomic E-state index is 0.106. The molecule has 17 nitrogen and oxygen atoms in total. The monoisotopic (exact) mass is 1520 g/mol. The van der Waals surface area contributed by atoms with Gasteiger partial charge in [0, 0.05) is 25.7 Å². The van der Waals surface area contributed by atoms with Crippen LogP contribution < -0.4 is 0 Å². The Labute approximate surface area is 638 Å². The van der Waals surface area contributed by atoms with Gasteiger partial charge >= 0.3 is 39.5 Å². The number of unbranched alkanes of at least 4 members (excludes halogenated alkanes) is 57. The summed E-state index contributed by atoms with van der Waals surface area (Å²) in [6, 6.07) is 0. The molecule has 0 bridgehead atoms. The van der Waals surface area contributed by atoms with Gasteiger partial charge in [0.25, 0.3) is 0 Å². The smallest absolute Gasteiger partial charge is 0.462 e. The van der Waals surface area contributed by atoms with E-state index in [1.807, 2.05) is 0 Å². The van der Waals surface area contributed by atoms with Gasteiger partial charge in [0.1, 0.15) is 19.3 Å². The Morgan fingerprint density at radius 3 is 0.654 bits per heavy atom. The van der Waals surface area contributed by atoms with Crippen LogP contribution in [0.15, 0.2) is 0 Å². The number of rotatable bonds is 85. The van der Waals surface area contributed by atoms with Gasteiger partial charge in [-0.25, -0.2) is 9.13 Å². The molecule has 104 heavy (non-hydrogen) atoms. The van der Waals surface area contributed by atoms with Gasteiger partial charge in [-0.3, -0.25) is 37.3 Å². The number of hydrogen-bond donors (Lipinski definition) is 3. The normalized spacial score (nSPS) is 13.8. The first-order valence-corrected chi connectivity index (χ1v) is 47.1. The number of carbonyl (C=O) groups excluding carboxylic acids is 4.